The van der Waals surface area contributed by atoms with E-state index in [1.54, 1.807) is 6.07 Å². The summed E-state index contributed by atoms with van der Waals surface area (Å²) >= 11 is 4.98. The lowest BCUT2D eigenvalue weighted by Gasteiger charge is -2.21. The maximum absolute atomic E-state index is 12.5. The van der Waals surface area contributed by atoms with Crippen molar-refractivity contribution in [3.8, 4) is 0 Å². The van der Waals surface area contributed by atoms with E-state index >= 15 is 0 Å². The zero-order valence-corrected chi connectivity index (χ0v) is 11.0. The van der Waals surface area contributed by atoms with Crippen molar-refractivity contribution in [3.63, 3.8) is 0 Å². The lowest BCUT2D eigenvalue weighted by molar-refractivity contribution is -0.112. The second-order valence-corrected chi connectivity index (χ2v) is 5.91. The second-order valence-electron chi connectivity index (χ2n) is 3.56. The first kappa shape index (κ1) is 15.9. The van der Waals surface area contributed by atoms with Gasteiger partial charge in [0.2, 0.25) is 5.24 Å². The molecule has 1 rings (SSSR count). The van der Waals surface area contributed by atoms with Gasteiger partial charge in [0.15, 0.2) is 0 Å². The molecular formula is C10H9ClF3NO3S. The monoisotopic (exact) mass is 315 g/mol. The number of halogens is 4. The van der Waals surface area contributed by atoms with Crippen LogP contribution in [-0.2, 0) is 21.4 Å². The summed E-state index contributed by atoms with van der Waals surface area (Å²) in [5.74, 6) is 0. The molecule has 106 valence electrons. The Balaban J connectivity index is 3.06. The van der Waals surface area contributed by atoms with Crippen LogP contribution in [0.1, 0.15) is 5.56 Å². The van der Waals surface area contributed by atoms with Crippen LogP contribution in [0.5, 0.6) is 0 Å². The van der Waals surface area contributed by atoms with Crippen LogP contribution in [-0.4, -0.2) is 30.0 Å². The first-order valence-electron chi connectivity index (χ1n) is 4.93. The summed E-state index contributed by atoms with van der Waals surface area (Å²) in [4.78, 5) is 10.7. The number of carbonyl (C=O) groups excluding carboxylic acids is 1. The summed E-state index contributed by atoms with van der Waals surface area (Å²) in [6.45, 7) is -1.63. The van der Waals surface area contributed by atoms with E-state index < -0.39 is 33.9 Å². The minimum absolute atomic E-state index is 0.00231. The van der Waals surface area contributed by atoms with Gasteiger partial charge in [-0.15, -0.1) is 0 Å². The van der Waals surface area contributed by atoms with Crippen LogP contribution in [0.25, 0.3) is 0 Å². The van der Waals surface area contributed by atoms with E-state index in [0.717, 1.165) is 0 Å². The van der Waals surface area contributed by atoms with Crippen molar-refractivity contribution in [3.05, 3.63) is 35.9 Å². The van der Waals surface area contributed by atoms with E-state index in [1.807, 2.05) is 0 Å². The molecular weight excluding hydrogens is 307 g/mol. The predicted molar refractivity (Wildman–Crippen MR) is 62.7 cm³/mol. The number of benzene rings is 1. The Morgan fingerprint density at radius 2 is 1.74 bits per heavy atom. The smallest absolute Gasteiger partial charge is 0.280 e. The fraction of sp³-hybridized carbons (Fsp3) is 0.300. The molecule has 0 aliphatic rings. The first-order valence-corrected chi connectivity index (χ1v) is 6.75. The van der Waals surface area contributed by atoms with Gasteiger partial charge in [-0.25, -0.2) is 8.42 Å². The third kappa shape index (κ3) is 4.19. The number of sulfonamides is 1. The van der Waals surface area contributed by atoms with E-state index in [1.165, 1.54) is 24.3 Å². The van der Waals surface area contributed by atoms with Crippen LogP contribution in [0, 0.1) is 0 Å². The molecule has 0 saturated heterocycles. The molecule has 0 amide bonds. The number of carbonyl (C=O) groups is 1. The molecule has 0 fully saturated rings. The molecule has 4 nitrogen and oxygen atoms in total. The Morgan fingerprint density at radius 1 is 1.21 bits per heavy atom. The molecule has 0 aromatic heterocycles. The fourth-order valence-corrected chi connectivity index (χ4v) is 2.41. The minimum Gasteiger partial charge on any atom is -0.280 e. The maximum atomic E-state index is 12.5. The molecule has 0 aliphatic heterocycles. The van der Waals surface area contributed by atoms with Crippen molar-refractivity contribution in [2.75, 3.05) is 6.54 Å². The Bertz CT molecular complexity index is 545. The van der Waals surface area contributed by atoms with Gasteiger partial charge in [-0.05, 0) is 17.2 Å². The summed E-state index contributed by atoms with van der Waals surface area (Å²) in [5.41, 5.74) is -5.16. The molecule has 9 heteroatoms. The Labute approximate surface area is 112 Å². The number of nitrogens with zero attached hydrogens (tertiary/aromatic N) is 1. The average molecular weight is 316 g/mol. The highest BCUT2D eigenvalue weighted by Crippen LogP contribution is 2.28. The van der Waals surface area contributed by atoms with Crippen molar-refractivity contribution in [1.82, 2.24) is 4.31 Å². The Kier molecular flexibility index (Phi) is 4.94. The summed E-state index contributed by atoms with van der Waals surface area (Å²) in [7, 11) is -5.60. The van der Waals surface area contributed by atoms with Crippen molar-refractivity contribution in [2.24, 2.45) is 0 Å². The lowest BCUT2D eigenvalue weighted by atomic mass is 10.2. The van der Waals surface area contributed by atoms with E-state index in [9.17, 15) is 26.4 Å². The average Bonchev–Trinajstić information content (AvgIpc) is 2.27. The molecule has 0 saturated carbocycles. The zero-order chi connectivity index (χ0) is 14.7. The number of alkyl halides is 3. The SMILES string of the molecule is O=C(Cl)CN(Cc1ccccc1)S(=O)(=O)C(F)(F)F. The third-order valence-electron chi connectivity index (χ3n) is 2.13. The van der Waals surface area contributed by atoms with Gasteiger partial charge in [-0.2, -0.15) is 17.5 Å². The second kappa shape index (κ2) is 5.89. The molecule has 0 spiro atoms. The van der Waals surface area contributed by atoms with Gasteiger partial charge < -0.3 is 0 Å². The largest absolute Gasteiger partial charge is 0.511 e. The number of hydrogen-bond donors (Lipinski definition) is 0. The topological polar surface area (TPSA) is 54.5 Å². The molecule has 1 aromatic rings. The Morgan fingerprint density at radius 3 is 2.16 bits per heavy atom. The summed E-state index contributed by atoms with van der Waals surface area (Å²) in [6, 6.07) is 7.58. The van der Waals surface area contributed by atoms with Crippen molar-refractivity contribution >= 4 is 26.9 Å². The van der Waals surface area contributed by atoms with Crippen LogP contribution in [0.3, 0.4) is 0 Å². The van der Waals surface area contributed by atoms with Crippen LogP contribution in [0.15, 0.2) is 30.3 Å². The molecule has 0 N–H and O–H groups in total. The standard InChI is InChI=1S/C10H9ClF3NO3S/c11-9(16)7-15(19(17,18)10(12,13)14)6-8-4-2-1-3-5-8/h1-5H,6-7H2. The van der Waals surface area contributed by atoms with Crippen molar-refractivity contribution in [1.29, 1.82) is 0 Å². The molecule has 1 aromatic carbocycles. The van der Waals surface area contributed by atoms with Crippen LogP contribution >= 0.6 is 11.6 Å². The van der Waals surface area contributed by atoms with Gasteiger partial charge in [0.25, 0.3) is 0 Å². The summed E-state index contributed by atoms with van der Waals surface area (Å²) in [5, 5.41) is -1.19. The number of hydrogen-bond acceptors (Lipinski definition) is 3. The van der Waals surface area contributed by atoms with Crippen LogP contribution in [0.4, 0.5) is 13.2 Å². The van der Waals surface area contributed by atoms with Gasteiger partial charge in [-0.3, -0.25) is 4.79 Å². The van der Waals surface area contributed by atoms with Crippen LogP contribution in [0.2, 0.25) is 0 Å². The molecule has 0 bridgehead atoms. The highest BCUT2D eigenvalue weighted by atomic mass is 35.5. The van der Waals surface area contributed by atoms with Gasteiger partial charge in [0.05, 0.1) is 6.54 Å². The third-order valence-corrected chi connectivity index (χ3v) is 3.78. The minimum atomic E-state index is -5.60. The first-order chi connectivity index (χ1) is 8.64. The normalized spacial score (nSPS) is 12.7. The summed E-state index contributed by atoms with van der Waals surface area (Å²) in [6.07, 6.45) is 0. The predicted octanol–water partition coefficient (Wildman–Crippen LogP) is 2.10. The quantitative estimate of drug-likeness (QED) is 0.782. The molecule has 0 unspecified atom stereocenters. The molecule has 0 radical (unpaired) electrons. The molecule has 19 heavy (non-hydrogen) atoms. The van der Waals surface area contributed by atoms with Crippen molar-refractivity contribution < 1.29 is 26.4 Å². The van der Waals surface area contributed by atoms with E-state index in [4.69, 9.17) is 11.6 Å². The van der Waals surface area contributed by atoms with Crippen LogP contribution < -0.4 is 0 Å². The van der Waals surface area contributed by atoms with E-state index in [0.29, 0.717) is 5.56 Å². The zero-order valence-electron chi connectivity index (χ0n) is 9.39. The molecule has 0 heterocycles. The maximum Gasteiger partial charge on any atom is 0.511 e. The van der Waals surface area contributed by atoms with Gasteiger partial charge in [0.1, 0.15) is 0 Å². The van der Waals surface area contributed by atoms with Gasteiger partial charge in [0, 0.05) is 6.54 Å². The fourth-order valence-electron chi connectivity index (χ4n) is 1.30. The van der Waals surface area contributed by atoms with Gasteiger partial charge >= 0.3 is 15.5 Å². The Hall–Kier alpha value is -1.12. The lowest BCUT2D eigenvalue weighted by Crippen LogP contribution is -2.42. The highest BCUT2D eigenvalue weighted by Gasteiger charge is 2.50. The van der Waals surface area contributed by atoms with E-state index in [-0.39, 0.29) is 4.31 Å². The van der Waals surface area contributed by atoms with E-state index in [2.05, 4.69) is 0 Å². The summed E-state index contributed by atoms with van der Waals surface area (Å²) < 4.78 is 59.9. The van der Waals surface area contributed by atoms with Crippen molar-refractivity contribution in [2.45, 2.75) is 12.1 Å². The molecule has 0 aliphatic carbocycles. The molecule has 0 atom stereocenters. The van der Waals surface area contributed by atoms with Gasteiger partial charge in [-0.1, -0.05) is 30.3 Å². The highest BCUT2D eigenvalue weighted by molar-refractivity contribution is 7.90. The number of rotatable bonds is 5.